The van der Waals surface area contributed by atoms with Crippen LogP contribution < -0.4 is 5.43 Å². The van der Waals surface area contributed by atoms with Gasteiger partial charge in [0.05, 0.1) is 16.7 Å². The van der Waals surface area contributed by atoms with Crippen molar-refractivity contribution in [2.75, 3.05) is 5.75 Å². The summed E-state index contributed by atoms with van der Waals surface area (Å²) in [4.78, 5) is 23.1. The standard InChI is InChI=1S/C16H14ClN3O3S/c17-13-5-7-14(8-6-13)24-10-9-16(21)19-18-11-12-3-1-2-4-15(12)20(22)23/h1-8,11H,9-10H2,(H,19,21)/b18-11+. The number of nitrogens with zero attached hydrogens (tertiary/aromatic N) is 2. The lowest BCUT2D eigenvalue weighted by Gasteiger charge is -2.01. The van der Waals surface area contributed by atoms with Crippen molar-refractivity contribution < 1.29 is 9.72 Å². The average Bonchev–Trinajstić information content (AvgIpc) is 2.57. The van der Waals surface area contributed by atoms with E-state index in [2.05, 4.69) is 10.5 Å². The van der Waals surface area contributed by atoms with Crippen molar-refractivity contribution in [3.8, 4) is 0 Å². The summed E-state index contributed by atoms with van der Waals surface area (Å²) in [5, 5.41) is 15.3. The largest absolute Gasteiger partial charge is 0.278 e. The molecule has 6 nitrogen and oxygen atoms in total. The van der Waals surface area contributed by atoms with Gasteiger partial charge >= 0.3 is 0 Å². The molecule has 1 amide bonds. The lowest BCUT2D eigenvalue weighted by Crippen LogP contribution is -2.17. The second kappa shape index (κ2) is 9.05. The predicted octanol–water partition coefficient (Wildman–Crippen LogP) is 3.88. The van der Waals surface area contributed by atoms with Gasteiger partial charge in [-0.05, 0) is 30.3 Å². The molecule has 0 saturated carbocycles. The molecule has 24 heavy (non-hydrogen) atoms. The fraction of sp³-hybridized carbons (Fsp3) is 0.125. The molecule has 0 unspecified atom stereocenters. The Morgan fingerprint density at radius 1 is 1.25 bits per heavy atom. The second-order valence-corrected chi connectivity index (χ2v) is 6.27. The molecule has 0 atom stereocenters. The number of halogens is 1. The minimum absolute atomic E-state index is 0.0613. The molecule has 0 heterocycles. The molecule has 0 spiro atoms. The summed E-state index contributed by atoms with van der Waals surface area (Å²) in [6.45, 7) is 0. The number of carbonyl (C=O) groups is 1. The number of benzene rings is 2. The van der Waals surface area contributed by atoms with Gasteiger partial charge in [-0.15, -0.1) is 11.8 Å². The van der Waals surface area contributed by atoms with E-state index in [4.69, 9.17) is 11.6 Å². The summed E-state index contributed by atoms with van der Waals surface area (Å²) in [6, 6.07) is 13.5. The van der Waals surface area contributed by atoms with Gasteiger partial charge in [0.25, 0.3) is 5.69 Å². The summed E-state index contributed by atoms with van der Waals surface area (Å²) < 4.78 is 0. The van der Waals surface area contributed by atoms with Crippen molar-refractivity contribution in [2.24, 2.45) is 5.10 Å². The molecule has 0 aliphatic carbocycles. The third-order valence-electron chi connectivity index (χ3n) is 2.94. The van der Waals surface area contributed by atoms with Gasteiger partial charge in [-0.1, -0.05) is 23.7 Å². The molecule has 2 aromatic carbocycles. The van der Waals surface area contributed by atoms with Crippen molar-refractivity contribution in [2.45, 2.75) is 11.3 Å². The monoisotopic (exact) mass is 363 g/mol. The first-order chi connectivity index (χ1) is 11.6. The first-order valence-electron chi connectivity index (χ1n) is 7.00. The SMILES string of the molecule is O=C(CCSc1ccc(Cl)cc1)N/N=C/c1ccccc1[N+](=O)[O-]. The van der Waals surface area contributed by atoms with E-state index in [1.54, 1.807) is 30.3 Å². The third-order valence-corrected chi connectivity index (χ3v) is 4.20. The highest BCUT2D eigenvalue weighted by molar-refractivity contribution is 7.99. The van der Waals surface area contributed by atoms with Crippen LogP contribution in [0.15, 0.2) is 58.5 Å². The summed E-state index contributed by atoms with van der Waals surface area (Å²) in [6.07, 6.45) is 1.55. The fourth-order valence-electron chi connectivity index (χ4n) is 1.79. The van der Waals surface area contributed by atoms with E-state index in [0.29, 0.717) is 16.3 Å². The van der Waals surface area contributed by atoms with Crippen LogP contribution in [0, 0.1) is 10.1 Å². The van der Waals surface area contributed by atoms with Crippen LogP contribution in [0.2, 0.25) is 5.02 Å². The van der Waals surface area contributed by atoms with E-state index in [-0.39, 0.29) is 18.0 Å². The minimum atomic E-state index is -0.494. The van der Waals surface area contributed by atoms with Crippen LogP contribution >= 0.6 is 23.4 Å². The van der Waals surface area contributed by atoms with E-state index < -0.39 is 4.92 Å². The van der Waals surface area contributed by atoms with E-state index in [1.165, 1.54) is 24.0 Å². The quantitative estimate of drug-likeness (QED) is 0.350. The third kappa shape index (κ3) is 5.68. The summed E-state index contributed by atoms with van der Waals surface area (Å²) in [7, 11) is 0. The second-order valence-electron chi connectivity index (χ2n) is 4.66. The highest BCUT2D eigenvalue weighted by Gasteiger charge is 2.10. The van der Waals surface area contributed by atoms with Gasteiger partial charge in [0, 0.05) is 28.2 Å². The predicted molar refractivity (Wildman–Crippen MR) is 95.6 cm³/mol. The molecule has 1 N–H and O–H groups in total. The number of hydrogen-bond acceptors (Lipinski definition) is 5. The highest BCUT2D eigenvalue weighted by Crippen LogP contribution is 2.20. The van der Waals surface area contributed by atoms with E-state index in [9.17, 15) is 14.9 Å². The number of hydrogen-bond donors (Lipinski definition) is 1. The molecule has 0 saturated heterocycles. The number of para-hydroxylation sites is 1. The Labute approximate surface area is 148 Å². The molecule has 2 aromatic rings. The molecule has 0 aliphatic heterocycles. The fourth-order valence-corrected chi connectivity index (χ4v) is 2.76. The van der Waals surface area contributed by atoms with Gasteiger partial charge in [-0.3, -0.25) is 14.9 Å². The highest BCUT2D eigenvalue weighted by atomic mass is 35.5. The first kappa shape index (κ1) is 18.0. The molecule has 0 radical (unpaired) electrons. The smallest absolute Gasteiger partial charge is 0.273 e. The maximum atomic E-state index is 11.7. The maximum Gasteiger partial charge on any atom is 0.278 e. The summed E-state index contributed by atoms with van der Waals surface area (Å²) >= 11 is 7.34. The zero-order valence-corrected chi connectivity index (χ0v) is 14.1. The van der Waals surface area contributed by atoms with Crippen LogP contribution in [0.25, 0.3) is 0 Å². The molecule has 2 rings (SSSR count). The Morgan fingerprint density at radius 2 is 1.96 bits per heavy atom. The molecule has 124 valence electrons. The van der Waals surface area contributed by atoms with Gasteiger partial charge in [0.15, 0.2) is 0 Å². The molecule has 0 aromatic heterocycles. The van der Waals surface area contributed by atoms with Crippen molar-refractivity contribution in [3.63, 3.8) is 0 Å². The van der Waals surface area contributed by atoms with Crippen molar-refractivity contribution in [3.05, 3.63) is 69.2 Å². The van der Waals surface area contributed by atoms with Crippen LogP contribution in [-0.4, -0.2) is 22.8 Å². The van der Waals surface area contributed by atoms with Gasteiger partial charge in [0.1, 0.15) is 0 Å². The number of nitro groups is 1. The topological polar surface area (TPSA) is 84.6 Å². The van der Waals surface area contributed by atoms with Crippen LogP contribution in [-0.2, 0) is 4.79 Å². The first-order valence-corrected chi connectivity index (χ1v) is 8.36. The molecular weight excluding hydrogens is 350 g/mol. The molecule has 0 aliphatic rings. The molecule has 8 heteroatoms. The molecular formula is C16H14ClN3O3S. The molecule has 0 fully saturated rings. The number of hydrazone groups is 1. The number of nitro benzene ring substituents is 1. The number of carbonyl (C=O) groups excluding carboxylic acids is 1. The Bertz CT molecular complexity index is 750. The van der Waals surface area contributed by atoms with Gasteiger partial charge in [-0.2, -0.15) is 5.10 Å². The van der Waals surface area contributed by atoms with Crippen LogP contribution in [0.5, 0.6) is 0 Å². The normalized spacial score (nSPS) is 10.7. The summed E-state index contributed by atoms with van der Waals surface area (Å²) in [5.74, 6) is 0.334. The lowest BCUT2D eigenvalue weighted by atomic mass is 10.2. The van der Waals surface area contributed by atoms with Crippen LogP contribution in [0.1, 0.15) is 12.0 Å². The van der Waals surface area contributed by atoms with E-state index >= 15 is 0 Å². The lowest BCUT2D eigenvalue weighted by molar-refractivity contribution is -0.385. The van der Waals surface area contributed by atoms with Gasteiger partial charge < -0.3 is 0 Å². The number of rotatable bonds is 7. The number of nitrogens with one attached hydrogen (secondary N) is 1. The average molecular weight is 364 g/mol. The Balaban J connectivity index is 1.79. The Kier molecular flexibility index (Phi) is 6.77. The van der Waals surface area contributed by atoms with E-state index in [0.717, 1.165) is 4.90 Å². The Hall–Kier alpha value is -2.38. The number of amides is 1. The van der Waals surface area contributed by atoms with Crippen molar-refractivity contribution >= 4 is 41.2 Å². The zero-order chi connectivity index (χ0) is 17.4. The zero-order valence-electron chi connectivity index (χ0n) is 12.5. The van der Waals surface area contributed by atoms with Crippen LogP contribution in [0.4, 0.5) is 5.69 Å². The minimum Gasteiger partial charge on any atom is -0.273 e. The summed E-state index contributed by atoms with van der Waals surface area (Å²) in [5.41, 5.74) is 2.64. The van der Waals surface area contributed by atoms with Crippen molar-refractivity contribution in [1.29, 1.82) is 0 Å². The van der Waals surface area contributed by atoms with Gasteiger partial charge in [-0.25, -0.2) is 5.43 Å². The maximum absolute atomic E-state index is 11.7. The number of thioether (sulfide) groups is 1. The van der Waals surface area contributed by atoms with Gasteiger partial charge in [0.2, 0.25) is 5.91 Å². The van der Waals surface area contributed by atoms with E-state index in [1.807, 2.05) is 12.1 Å². The molecule has 0 bridgehead atoms. The van der Waals surface area contributed by atoms with Crippen LogP contribution in [0.3, 0.4) is 0 Å². The van der Waals surface area contributed by atoms with Crippen molar-refractivity contribution in [1.82, 2.24) is 5.43 Å². The Morgan fingerprint density at radius 3 is 2.67 bits per heavy atom.